The maximum absolute atomic E-state index is 12.1. The van der Waals surface area contributed by atoms with Crippen LogP contribution in [0.3, 0.4) is 0 Å². The lowest BCUT2D eigenvalue weighted by atomic mass is 10.1. The Morgan fingerprint density at radius 3 is 2.28 bits per heavy atom. The van der Waals surface area contributed by atoms with Crippen molar-refractivity contribution in [2.24, 2.45) is 0 Å². The maximum atomic E-state index is 12.1. The molecule has 1 amide bonds. The number of benzene rings is 2. The molecule has 0 spiro atoms. The molecule has 9 nitrogen and oxygen atoms in total. The summed E-state index contributed by atoms with van der Waals surface area (Å²) in [5.41, 5.74) is 0. The normalized spacial score (nSPS) is 11.6. The second-order valence-electron chi connectivity index (χ2n) is 6.44. The van der Waals surface area contributed by atoms with Crippen LogP contribution in [0.2, 0.25) is 0 Å². The monoisotopic (exact) mass is 447 g/mol. The molecule has 0 aliphatic heterocycles. The van der Waals surface area contributed by atoms with Crippen molar-refractivity contribution in [3.05, 3.63) is 49.1 Å². The number of amides is 1. The third-order valence-corrected chi connectivity index (χ3v) is 4.20. The average Bonchev–Trinajstić information content (AvgIpc) is 2.80. The maximum Gasteiger partial charge on any atom is 0.412 e. The van der Waals surface area contributed by atoms with E-state index in [4.69, 9.17) is 28.4 Å². The predicted molar refractivity (Wildman–Crippen MR) is 118 cm³/mol. The largest absolute Gasteiger partial charge is 0.465 e. The van der Waals surface area contributed by atoms with Crippen molar-refractivity contribution in [2.45, 2.75) is 13.2 Å². The first kappa shape index (κ1) is 25.1. The minimum absolute atomic E-state index is 0.158. The molecule has 0 aliphatic rings. The highest BCUT2D eigenvalue weighted by Gasteiger charge is 2.12. The Bertz CT molecular complexity index is 885. The number of methoxy groups -OCH3 is 1. The van der Waals surface area contributed by atoms with Gasteiger partial charge in [-0.2, -0.15) is 0 Å². The van der Waals surface area contributed by atoms with Crippen LogP contribution in [-0.2, 0) is 23.7 Å². The molecule has 0 bridgehead atoms. The number of nitrogens with one attached hydrogen (secondary N) is 1. The molecule has 0 aromatic heterocycles. The molecule has 174 valence electrons. The Labute approximate surface area is 187 Å². The third-order valence-electron chi connectivity index (χ3n) is 4.20. The standard InChI is InChI=1S/C23H29NO8/c1-4-22(25)30-16-15-29-14-13-28-12-11-24-23(26)32-21-10-6-7-18-19(21)8-5-9-20(18)31-17(2)27-3/h4-10,17H,1,11-16H2,2-3H3,(H,24,26). The van der Waals surface area contributed by atoms with Gasteiger partial charge in [-0.05, 0) is 19.1 Å². The zero-order valence-corrected chi connectivity index (χ0v) is 18.3. The molecule has 0 heterocycles. The molecule has 1 unspecified atom stereocenters. The summed E-state index contributed by atoms with van der Waals surface area (Å²) in [6.45, 7) is 6.79. The summed E-state index contributed by atoms with van der Waals surface area (Å²) in [5.74, 6) is 0.569. The molecule has 2 rings (SSSR count). The van der Waals surface area contributed by atoms with Crippen molar-refractivity contribution in [1.29, 1.82) is 0 Å². The highest BCUT2D eigenvalue weighted by molar-refractivity contribution is 5.94. The quantitative estimate of drug-likeness (QED) is 0.204. The van der Waals surface area contributed by atoms with Crippen molar-refractivity contribution < 1.29 is 38.0 Å². The first-order valence-corrected chi connectivity index (χ1v) is 10.2. The zero-order valence-electron chi connectivity index (χ0n) is 18.3. The Hall–Kier alpha value is -3.14. The molecule has 2 aromatic carbocycles. The van der Waals surface area contributed by atoms with Gasteiger partial charge in [0.15, 0.2) is 6.29 Å². The predicted octanol–water partition coefficient (Wildman–Crippen LogP) is 3.06. The number of ether oxygens (including phenoxy) is 6. The summed E-state index contributed by atoms with van der Waals surface area (Å²) >= 11 is 0. The first-order chi connectivity index (χ1) is 15.5. The van der Waals surface area contributed by atoms with Crippen molar-refractivity contribution in [3.8, 4) is 11.5 Å². The molecule has 0 saturated carbocycles. The summed E-state index contributed by atoms with van der Waals surface area (Å²) in [4.78, 5) is 23.0. The summed E-state index contributed by atoms with van der Waals surface area (Å²) in [7, 11) is 1.56. The summed E-state index contributed by atoms with van der Waals surface area (Å²) in [5, 5.41) is 4.19. The highest BCUT2D eigenvalue weighted by Crippen LogP contribution is 2.32. The van der Waals surface area contributed by atoms with Crippen LogP contribution in [0, 0.1) is 0 Å². The second-order valence-corrected chi connectivity index (χ2v) is 6.44. The third kappa shape index (κ3) is 8.54. The lowest BCUT2D eigenvalue weighted by molar-refractivity contribution is -0.139. The van der Waals surface area contributed by atoms with Gasteiger partial charge in [-0.3, -0.25) is 0 Å². The Balaban J connectivity index is 1.69. The Kier molecular flexibility index (Phi) is 11.0. The van der Waals surface area contributed by atoms with Gasteiger partial charge in [0.05, 0.1) is 26.4 Å². The number of fused-ring (bicyclic) bond motifs is 1. The topological polar surface area (TPSA) is 102 Å². The van der Waals surface area contributed by atoms with E-state index in [2.05, 4.69) is 11.9 Å². The van der Waals surface area contributed by atoms with Crippen molar-refractivity contribution in [1.82, 2.24) is 5.32 Å². The summed E-state index contributed by atoms with van der Waals surface area (Å²) < 4.78 is 31.7. The van der Waals surface area contributed by atoms with Gasteiger partial charge in [0.25, 0.3) is 0 Å². The molecule has 0 saturated heterocycles. The van der Waals surface area contributed by atoms with E-state index in [0.29, 0.717) is 31.3 Å². The van der Waals surface area contributed by atoms with Gasteiger partial charge in [0.1, 0.15) is 18.1 Å². The van der Waals surface area contributed by atoms with Crippen molar-refractivity contribution in [2.75, 3.05) is 46.7 Å². The Morgan fingerprint density at radius 1 is 0.969 bits per heavy atom. The lowest BCUT2D eigenvalue weighted by Crippen LogP contribution is -2.30. The van der Waals surface area contributed by atoms with Crippen molar-refractivity contribution >= 4 is 22.8 Å². The lowest BCUT2D eigenvalue weighted by Gasteiger charge is -2.15. The summed E-state index contributed by atoms with van der Waals surface area (Å²) in [6, 6.07) is 10.9. The number of carbonyl (C=O) groups excluding carboxylic acids is 2. The number of carbonyl (C=O) groups is 2. The molecule has 2 aromatic rings. The van der Waals surface area contributed by atoms with E-state index in [1.165, 1.54) is 0 Å². The fourth-order valence-electron chi connectivity index (χ4n) is 2.61. The van der Waals surface area contributed by atoms with Gasteiger partial charge in [-0.15, -0.1) is 0 Å². The minimum Gasteiger partial charge on any atom is -0.465 e. The fourth-order valence-corrected chi connectivity index (χ4v) is 2.61. The SMILES string of the molecule is C=CC(=O)OCCOCCOCCNC(=O)Oc1cccc2c(OC(C)OC)cccc12. The van der Waals surface area contributed by atoms with Crippen LogP contribution in [0.25, 0.3) is 10.8 Å². The minimum atomic E-state index is -0.585. The number of hydrogen-bond acceptors (Lipinski definition) is 8. The van der Waals surface area contributed by atoms with Crippen LogP contribution >= 0.6 is 0 Å². The van der Waals surface area contributed by atoms with E-state index in [1.807, 2.05) is 24.3 Å². The van der Waals surface area contributed by atoms with Gasteiger partial charge in [0, 0.05) is 30.5 Å². The van der Waals surface area contributed by atoms with Gasteiger partial charge >= 0.3 is 12.1 Å². The molecule has 1 atom stereocenters. The molecule has 32 heavy (non-hydrogen) atoms. The first-order valence-electron chi connectivity index (χ1n) is 10.2. The summed E-state index contributed by atoms with van der Waals surface area (Å²) in [6.07, 6.45) is 0.0999. The van der Waals surface area contributed by atoms with Gasteiger partial charge in [-0.1, -0.05) is 30.8 Å². The van der Waals surface area contributed by atoms with Gasteiger partial charge in [-0.25, -0.2) is 9.59 Å². The number of hydrogen-bond donors (Lipinski definition) is 1. The highest BCUT2D eigenvalue weighted by atomic mass is 16.7. The molecule has 1 N–H and O–H groups in total. The fraction of sp³-hybridized carbons (Fsp3) is 0.391. The molecular formula is C23H29NO8. The van der Waals surface area contributed by atoms with E-state index < -0.39 is 18.4 Å². The van der Waals surface area contributed by atoms with E-state index >= 15 is 0 Å². The zero-order chi connectivity index (χ0) is 23.2. The molecule has 9 heteroatoms. The van der Waals surface area contributed by atoms with Gasteiger partial charge < -0.3 is 33.7 Å². The Morgan fingerprint density at radius 2 is 1.59 bits per heavy atom. The number of esters is 1. The van der Waals surface area contributed by atoms with Crippen LogP contribution in [0.15, 0.2) is 49.1 Å². The van der Waals surface area contributed by atoms with Crippen LogP contribution in [-0.4, -0.2) is 65.0 Å². The van der Waals surface area contributed by atoms with E-state index in [0.717, 1.165) is 16.8 Å². The average molecular weight is 447 g/mol. The molecule has 0 aliphatic carbocycles. The molecule has 0 fully saturated rings. The molecule has 0 radical (unpaired) electrons. The van der Waals surface area contributed by atoms with Crippen LogP contribution in [0.4, 0.5) is 4.79 Å². The van der Waals surface area contributed by atoms with Crippen LogP contribution in [0.1, 0.15) is 6.92 Å². The van der Waals surface area contributed by atoms with E-state index in [1.54, 1.807) is 26.2 Å². The molecular weight excluding hydrogens is 418 g/mol. The van der Waals surface area contributed by atoms with Crippen molar-refractivity contribution in [3.63, 3.8) is 0 Å². The van der Waals surface area contributed by atoms with E-state index in [-0.39, 0.29) is 19.8 Å². The van der Waals surface area contributed by atoms with Crippen LogP contribution < -0.4 is 14.8 Å². The second kappa shape index (κ2) is 14.0. The van der Waals surface area contributed by atoms with Gasteiger partial charge in [0.2, 0.25) is 0 Å². The van der Waals surface area contributed by atoms with Crippen LogP contribution in [0.5, 0.6) is 11.5 Å². The van der Waals surface area contributed by atoms with E-state index in [9.17, 15) is 9.59 Å². The smallest absolute Gasteiger partial charge is 0.412 e. The number of rotatable bonds is 14.